The maximum atomic E-state index is 11.4. The van der Waals surface area contributed by atoms with Crippen LogP contribution in [0.2, 0.25) is 0 Å². The second-order valence-electron chi connectivity index (χ2n) is 8.11. The first-order valence-corrected chi connectivity index (χ1v) is 10.5. The van der Waals surface area contributed by atoms with Crippen LogP contribution in [0.15, 0.2) is 4.99 Å². The summed E-state index contributed by atoms with van der Waals surface area (Å²) < 4.78 is 0. The molecule has 1 aliphatic carbocycles. The van der Waals surface area contributed by atoms with Crippen LogP contribution in [-0.2, 0) is 4.79 Å². The third-order valence-corrected chi connectivity index (χ3v) is 5.90. The van der Waals surface area contributed by atoms with Gasteiger partial charge in [0, 0.05) is 52.2 Å². The van der Waals surface area contributed by atoms with Gasteiger partial charge in [-0.15, -0.1) is 24.0 Å². The lowest BCUT2D eigenvalue weighted by molar-refractivity contribution is -0.130. The topological polar surface area (TPSA) is 60.0 Å². The first kappa shape index (κ1) is 24.5. The lowest BCUT2D eigenvalue weighted by Crippen LogP contribution is -2.49. The number of rotatable bonds is 6. The molecule has 1 amide bonds. The van der Waals surface area contributed by atoms with Gasteiger partial charge in [0.2, 0.25) is 5.91 Å². The molecular weight excluding hydrogens is 453 g/mol. The molecule has 6 nitrogen and oxygen atoms in total. The summed E-state index contributed by atoms with van der Waals surface area (Å²) >= 11 is 0. The van der Waals surface area contributed by atoms with Gasteiger partial charge in [-0.05, 0) is 44.4 Å². The van der Waals surface area contributed by atoms with Crippen LogP contribution in [-0.4, -0.2) is 73.5 Å². The highest BCUT2D eigenvalue weighted by Gasteiger charge is 2.23. The molecule has 0 bridgehead atoms. The number of nitrogens with one attached hydrogen (secondary N) is 2. The first-order valence-electron chi connectivity index (χ1n) is 10.5. The van der Waals surface area contributed by atoms with Gasteiger partial charge in [-0.2, -0.15) is 0 Å². The predicted octanol–water partition coefficient (Wildman–Crippen LogP) is 2.54. The molecule has 1 saturated carbocycles. The molecule has 1 aliphatic heterocycles. The van der Waals surface area contributed by atoms with E-state index in [2.05, 4.69) is 36.3 Å². The van der Waals surface area contributed by atoms with Gasteiger partial charge in [-0.3, -0.25) is 14.7 Å². The summed E-state index contributed by atoms with van der Waals surface area (Å²) in [7, 11) is 0. The second-order valence-corrected chi connectivity index (χ2v) is 8.11. The summed E-state index contributed by atoms with van der Waals surface area (Å²) in [6.07, 6.45) is 5.16. The summed E-state index contributed by atoms with van der Waals surface area (Å²) in [5.74, 6) is 2.85. The molecule has 2 fully saturated rings. The Bertz CT molecular complexity index is 455. The van der Waals surface area contributed by atoms with Crippen molar-refractivity contribution in [2.24, 2.45) is 16.8 Å². The zero-order chi connectivity index (χ0) is 18.9. The molecule has 0 aromatic rings. The summed E-state index contributed by atoms with van der Waals surface area (Å²) in [5, 5.41) is 7.03. The average molecular weight is 493 g/mol. The van der Waals surface area contributed by atoms with Gasteiger partial charge in [0.15, 0.2) is 5.96 Å². The van der Waals surface area contributed by atoms with Crippen molar-refractivity contribution >= 4 is 35.8 Å². The van der Waals surface area contributed by atoms with Crippen molar-refractivity contribution in [2.75, 3.05) is 45.8 Å². The highest BCUT2D eigenvalue weighted by Crippen LogP contribution is 2.29. The van der Waals surface area contributed by atoms with Gasteiger partial charge in [0.05, 0.1) is 6.54 Å². The number of guanidine groups is 1. The maximum Gasteiger partial charge on any atom is 0.219 e. The van der Waals surface area contributed by atoms with E-state index in [0.29, 0.717) is 6.04 Å². The fourth-order valence-electron chi connectivity index (χ4n) is 4.03. The third kappa shape index (κ3) is 8.54. The molecule has 0 spiro atoms. The van der Waals surface area contributed by atoms with Crippen molar-refractivity contribution in [3.8, 4) is 0 Å². The van der Waals surface area contributed by atoms with Crippen LogP contribution in [0.4, 0.5) is 0 Å². The molecule has 0 aromatic heterocycles. The smallest absolute Gasteiger partial charge is 0.219 e. The third-order valence-electron chi connectivity index (χ3n) is 5.90. The molecule has 0 unspecified atom stereocenters. The van der Waals surface area contributed by atoms with E-state index in [-0.39, 0.29) is 29.9 Å². The molecular formula is C20H40IN5O. The normalized spacial score (nSPS) is 24.5. The quantitative estimate of drug-likeness (QED) is 0.339. The average Bonchev–Trinajstić information content (AvgIpc) is 2.62. The van der Waals surface area contributed by atoms with Crippen LogP contribution >= 0.6 is 24.0 Å². The van der Waals surface area contributed by atoms with Gasteiger partial charge in [-0.1, -0.05) is 13.8 Å². The largest absolute Gasteiger partial charge is 0.357 e. The molecule has 158 valence electrons. The minimum atomic E-state index is 0. The Morgan fingerprint density at radius 2 is 1.74 bits per heavy atom. The molecule has 0 aromatic carbocycles. The van der Waals surface area contributed by atoms with E-state index < -0.39 is 0 Å². The highest BCUT2D eigenvalue weighted by atomic mass is 127. The Kier molecular flexibility index (Phi) is 11.6. The molecule has 0 atom stereocenters. The molecule has 7 heteroatoms. The van der Waals surface area contributed by atoms with Crippen molar-refractivity contribution in [3.63, 3.8) is 0 Å². The Balaban J connectivity index is 0.00000364. The van der Waals surface area contributed by atoms with E-state index in [4.69, 9.17) is 4.99 Å². The fraction of sp³-hybridized carbons (Fsp3) is 0.900. The molecule has 0 radical (unpaired) electrons. The number of aliphatic imine (C=N–C) groups is 1. The summed E-state index contributed by atoms with van der Waals surface area (Å²) in [5.41, 5.74) is 0. The number of nitrogens with zero attached hydrogens (tertiary/aromatic N) is 3. The zero-order valence-electron chi connectivity index (χ0n) is 17.7. The predicted molar refractivity (Wildman–Crippen MR) is 124 cm³/mol. The lowest BCUT2D eigenvalue weighted by atomic mass is 9.80. The highest BCUT2D eigenvalue weighted by molar-refractivity contribution is 14.0. The SMILES string of the molecule is CCNC(=NCCN1CCN(C(C)=O)CC1)NC1CCC(C(C)C)CC1.I. The standard InChI is InChI=1S/C20H39N5O.HI/c1-5-21-20(23-19-8-6-18(7-9-19)16(2)3)22-10-11-24-12-14-25(15-13-24)17(4)26;/h16,18-19H,5-15H2,1-4H3,(H2,21,22,23);1H. The summed E-state index contributed by atoms with van der Waals surface area (Å²) in [6.45, 7) is 14.7. The number of hydrogen-bond donors (Lipinski definition) is 2. The number of carbonyl (C=O) groups is 1. The number of halogens is 1. The summed E-state index contributed by atoms with van der Waals surface area (Å²) in [6, 6.07) is 0.557. The van der Waals surface area contributed by atoms with E-state index in [1.165, 1.54) is 25.7 Å². The van der Waals surface area contributed by atoms with Crippen molar-refractivity contribution in [3.05, 3.63) is 0 Å². The Hall–Kier alpha value is -0.570. The molecule has 1 heterocycles. The number of carbonyl (C=O) groups excluding carboxylic acids is 1. The Morgan fingerprint density at radius 3 is 2.26 bits per heavy atom. The maximum absolute atomic E-state index is 11.4. The van der Waals surface area contributed by atoms with Gasteiger partial charge >= 0.3 is 0 Å². The van der Waals surface area contributed by atoms with E-state index in [0.717, 1.165) is 63.6 Å². The molecule has 2 N–H and O–H groups in total. The van der Waals surface area contributed by atoms with Crippen LogP contribution < -0.4 is 10.6 Å². The number of amides is 1. The Labute approximate surface area is 182 Å². The number of hydrogen-bond acceptors (Lipinski definition) is 3. The van der Waals surface area contributed by atoms with Crippen molar-refractivity contribution < 1.29 is 4.79 Å². The lowest BCUT2D eigenvalue weighted by Gasteiger charge is -2.34. The van der Waals surface area contributed by atoms with Crippen LogP contribution in [0.5, 0.6) is 0 Å². The van der Waals surface area contributed by atoms with E-state index >= 15 is 0 Å². The van der Waals surface area contributed by atoms with Crippen molar-refractivity contribution in [1.29, 1.82) is 0 Å². The fourth-order valence-corrected chi connectivity index (χ4v) is 4.03. The monoisotopic (exact) mass is 493 g/mol. The first-order chi connectivity index (χ1) is 12.5. The minimum absolute atomic E-state index is 0. The van der Waals surface area contributed by atoms with Crippen LogP contribution in [0.3, 0.4) is 0 Å². The van der Waals surface area contributed by atoms with Gasteiger partial charge in [0.25, 0.3) is 0 Å². The minimum Gasteiger partial charge on any atom is -0.357 e. The van der Waals surface area contributed by atoms with Gasteiger partial charge in [0.1, 0.15) is 0 Å². The van der Waals surface area contributed by atoms with Crippen LogP contribution in [0.1, 0.15) is 53.4 Å². The molecule has 2 aliphatic rings. The summed E-state index contributed by atoms with van der Waals surface area (Å²) in [4.78, 5) is 20.5. The second kappa shape index (κ2) is 12.8. The van der Waals surface area contributed by atoms with Crippen molar-refractivity contribution in [2.45, 2.75) is 59.4 Å². The van der Waals surface area contributed by atoms with Crippen LogP contribution in [0, 0.1) is 11.8 Å². The Morgan fingerprint density at radius 1 is 1.11 bits per heavy atom. The van der Waals surface area contributed by atoms with E-state index in [1.54, 1.807) is 6.92 Å². The molecule has 27 heavy (non-hydrogen) atoms. The van der Waals surface area contributed by atoms with Gasteiger partial charge < -0.3 is 15.5 Å². The van der Waals surface area contributed by atoms with Crippen LogP contribution in [0.25, 0.3) is 0 Å². The van der Waals surface area contributed by atoms with Gasteiger partial charge in [-0.25, -0.2) is 0 Å². The van der Waals surface area contributed by atoms with Crippen molar-refractivity contribution in [1.82, 2.24) is 20.4 Å². The molecule has 2 rings (SSSR count). The zero-order valence-corrected chi connectivity index (χ0v) is 20.0. The van der Waals surface area contributed by atoms with E-state index in [1.807, 2.05) is 4.90 Å². The van der Waals surface area contributed by atoms with E-state index in [9.17, 15) is 4.79 Å². The number of piperazine rings is 1. The molecule has 1 saturated heterocycles.